The quantitative estimate of drug-likeness (QED) is 0.361. The summed E-state index contributed by atoms with van der Waals surface area (Å²) in [6.07, 6.45) is 3.44. The maximum atomic E-state index is 3.44. The molecule has 0 nitrogen and oxygen atoms in total. The van der Waals surface area contributed by atoms with Crippen LogP contribution in [0.2, 0.25) is 0 Å². The molecule has 56 valence electrons. The first-order valence-electron chi connectivity index (χ1n) is 3.75. The van der Waals surface area contributed by atoms with Crippen LogP contribution >= 0.6 is 0 Å². The first kappa shape index (κ1) is 12.1. The third kappa shape index (κ3) is 2.28. The first-order valence-corrected chi connectivity index (χ1v) is 3.75. The van der Waals surface area contributed by atoms with Crippen LogP contribution in [0.5, 0.6) is 0 Å². The van der Waals surface area contributed by atoms with E-state index in [1.54, 1.807) is 0 Å². The van der Waals surface area contributed by atoms with E-state index < -0.39 is 0 Å². The van der Waals surface area contributed by atoms with E-state index in [-0.39, 0.29) is 56.8 Å². The predicted molar refractivity (Wildman–Crippen MR) is 44.6 cm³/mol. The summed E-state index contributed by atoms with van der Waals surface area (Å²) in [5.74, 6) is 0. The SMILES string of the molecule is CC1=[C-]C(C)(C)C(C)=C1C.[K+]. The summed E-state index contributed by atoms with van der Waals surface area (Å²) >= 11 is 0. The van der Waals surface area contributed by atoms with Crippen LogP contribution in [0.3, 0.4) is 0 Å². The van der Waals surface area contributed by atoms with Crippen molar-refractivity contribution in [1.29, 1.82) is 0 Å². The zero-order valence-electron chi connectivity index (χ0n) is 8.50. The third-order valence-corrected chi connectivity index (χ3v) is 2.56. The average molecular weight is 174 g/mol. The third-order valence-electron chi connectivity index (χ3n) is 2.56. The van der Waals surface area contributed by atoms with Crippen molar-refractivity contribution in [2.45, 2.75) is 34.6 Å². The normalized spacial score (nSPS) is 21.4. The summed E-state index contributed by atoms with van der Waals surface area (Å²) in [6.45, 7) is 10.9. The number of hydrogen-bond acceptors (Lipinski definition) is 0. The second-order valence-electron chi connectivity index (χ2n) is 3.62. The second-order valence-corrected chi connectivity index (χ2v) is 3.62. The van der Waals surface area contributed by atoms with Crippen molar-refractivity contribution in [2.75, 3.05) is 0 Å². The molecule has 0 aromatic heterocycles. The fraction of sp³-hybridized carbons (Fsp3) is 0.600. The minimum atomic E-state index is 0. The zero-order valence-corrected chi connectivity index (χ0v) is 11.6. The molecule has 1 rings (SSSR count). The molecule has 0 fully saturated rings. The van der Waals surface area contributed by atoms with E-state index in [2.05, 4.69) is 40.7 Å². The molecule has 0 atom stereocenters. The van der Waals surface area contributed by atoms with E-state index in [4.69, 9.17) is 0 Å². The number of rotatable bonds is 0. The van der Waals surface area contributed by atoms with Crippen LogP contribution in [0.1, 0.15) is 34.6 Å². The van der Waals surface area contributed by atoms with Crippen molar-refractivity contribution in [3.05, 3.63) is 22.8 Å². The van der Waals surface area contributed by atoms with Gasteiger partial charge < -0.3 is 0 Å². The molecule has 0 saturated carbocycles. The molecule has 0 aliphatic heterocycles. The van der Waals surface area contributed by atoms with E-state index in [1.165, 1.54) is 16.7 Å². The molecule has 1 aliphatic carbocycles. The van der Waals surface area contributed by atoms with Gasteiger partial charge in [0.1, 0.15) is 0 Å². The Morgan fingerprint density at radius 1 is 1.09 bits per heavy atom. The smallest absolute Gasteiger partial charge is 0.263 e. The average Bonchev–Trinajstić information content (AvgIpc) is 1.95. The monoisotopic (exact) mass is 174 g/mol. The Morgan fingerprint density at radius 3 is 1.64 bits per heavy atom. The van der Waals surface area contributed by atoms with Crippen molar-refractivity contribution < 1.29 is 51.4 Å². The zero-order chi connectivity index (χ0) is 7.94. The van der Waals surface area contributed by atoms with E-state index >= 15 is 0 Å². The van der Waals surface area contributed by atoms with Gasteiger partial charge in [0.25, 0.3) is 0 Å². The fourth-order valence-corrected chi connectivity index (χ4v) is 1.41. The Hall–Kier alpha value is 1.12. The molecule has 0 aromatic rings. The van der Waals surface area contributed by atoms with E-state index in [9.17, 15) is 0 Å². The van der Waals surface area contributed by atoms with Gasteiger partial charge in [0.2, 0.25) is 0 Å². The van der Waals surface area contributed by atoms with Crippen LogP contribution in [-0.2, 0) is 0 Å². The Kier molecular flexibility index (Phi) is 4.28. The molecule has 0 N–H and O–H groups in total. The van der Waals surface area contributed by atoms with Crippen molar-refractivity contribution in [3.63, 3.8) is 0 Å². The van der Waals surface area contributed by atoms with Gasteiger partial charge in [-0.3, -0.25) is 6.08 Å². The van der Waals surface area contributed by atoms with Crippen LogP contribution < -0.4 is 51.4 Å². The van der Waals surface area contributed by atoms with Crippen LogP contribution in [-0.4, -0.2) is 0 Å². The summed E-state index contributed by atoms with van der Waals surface area (Å²) in [5, 5.41) is 0. The predicted octanol–water partition coefficient (Wildman–Crippen LogP) is 0.116. The van der Waals surface area contributed by atoms with Crippen LogP contribution in [0, 0.1) is 11.5 Å². The molecular weight excluding hydrogens is 159 g/mol. The molecule has 0 saturated heterocycles. The fourth-order valence-electron chi connectivity index (χ4n) is 1.41. The van der Waals surface area contributed by atoms with Gasteiger partial charge in [0.15, 0.2) is 0 Å². The van der Waals surface area contributed by atoms with Crippen molar-refractivity contribution in [2.24, 2.45) is 5.41 Å². The Bertz CT molecular complexity index is 219. The summed E-state index contributed by atoms with van der Waals surface area (Å²) in [4.78, 5) is 0. The van der Waals surface area contributed by atoms with Gasteiger partial charge in [-0.2, -0.15) is 11.1 Å². The topological polar surface area (TPSA) is 0 Å². The van der Waals surface area contributed by atoms with Crippen molar-refractivity contribution in [3.8, 4) is 0 Å². The molecule has 0 amide bonds. The largest absolute Gasteiger partial charge is 1.00 e. The van der Waals surface area contributed by atoms with Gasteiger partial charge >= 0.3 is 51.4 Å². The molecule has 0 spiro atoms. The Labute approximate surface area is 113 Å². The minimum Gasteiger partial charge on any atom is -0.263 e. The van der Waals surface area contributed by atoms with E-state index in [0.29, 0.717) is 0 Å². The number of allylic oxidation sites excluding steroid dienone is 4. The second kappa shape index (κ2) is 3.88. The van der Waals surface area contributed by atoms with Gasteiger partial charge in [-0.15, -0.1) is 6.92 Å². The van der Waals surface area contributed by atoms with Crippen molar-refractivity contribution in [1.82, 2.24) is 0 Å². The first-order chi connectivity index (χ1) is 4.45. The van der Waals surface area contributed by atoms with Crippen LogP contribution in [0.25, 0.3) is 0 Å². The summed E-state index contributed by atoms with van der Waals surface area (Å²) < 4.78 is 0. The molecule has 11 heavy (non-hydrogen) atoms. The minimum absolute atomic E-state index is 0. The maximum absolute atomic E-state index is 3.44. The molecule has 0 radical (unpaired) electrons. The van der Waals surface area contributed by atoms with Crippen LogP contribution in [0.4, 0.5) is 0 Å². The van der Waals surface area contributed by atoms with Gasteiger partial charge in [0, 0.05) is 0 Å². The number of hydrogen-bond donors (Lipinski definition) is 0. The molecule has 1 aliphatic rings. The van der Waals surface area contributed by atoms with Gasteiger partial charge in [-0.1, -0.05) is 33.1 Å². The molecular formula is C10H15K. The maximum Gasteiger partial charge on any atom is 1.00 e. The van der Waals surface area contributed by atoms with Gasteiger partial charge in [0.05, 0.1) is 0 Å². The van der Waals surface area contributed by atoms with Gasteiger partial charge in [-0.25, -0.2) is 5.57 Å². The Balaban J connectivity index is 0.000001000. The molecule has 1 heteroatoms. The molecule has 0 unspecified atom stereocenters. The Morgan fingerprint density at radius 2 is 1.55 bits per heavy atom. The van der Waals surface area contributed by atoms with Crippen molar-refractivity contribution >= 4 is 0 Å². The summed E-state index contributed by atoms with van der Waals surface area (Å²) in [7, 11) is 0. The standard InChI is InChI=1S/C10H15.K/c1-7-6-10(4,5)9(3)8(7)2;/h1-5H3;/q-1;+1. The molecule has 0 aromatic carbocycles. The molecule has 0 heterocycles. The summed E-state index contributed by atoms with van der Waals surface area (Å²) in [5.41, 5.74) is 4.39. The van der Waals surface area contributed by atoms with Gasteiger partial charge in [-0.05, 0) is 0 Å². The van der Waals surface area contributed by atoms with E-state index in [1.807, 2.05) is 0 Å². The summed E-state index contributed by atoms with van der Waals surface area (Å²) in [6, 6.07) is 0. The molecule has 0 bridgehead atoms. The van der Waals surface area contributed by atoms with E-state index in [0.717, 1.165) is 0 Å². The van der Waals surface area contributed by atoms with Crippen LogP contribution in [0.15, 0.2) is 16.7 Å².